The second-order valence-corrected chi connectivity index (χ2v) is 8.87. The number of halogens is 1. The van der Waals surface area contributed by atoms with E-state index < -0.39 is 0 Å². The van der Waals surface area contributed by atoms with Gasteiger partial charge in [0, 0.05) is 44.0 Å². The van der Waals surface area contributed by atoms with Crippen LogP contribution in [0.1, 0.15) is 36.5 Å². The molecular formula is C28H31FN2O2. The van der Waals surface area contributed by atoms with Crippen LogP contribution in [0.5, 0.6) is 5.75 Å². The van der Waals surface area contributed by atoms with Crippen LogP contribution in [0.25, 0.3) is 0 Å². The minimum Gasteiger partial charge on any atom is -0.485 e. The molecule has 33 heavy (non-hydrogen) atoms. The molecule has 172 valence electrons. The van der Waals surface area contributed by atoms with Gasteiger partial charge >= 0.3 is 0 Å². The molecule has 1 aliphatic rings. The summed E-state index contributed by atoms with van der Waals surface area (Å²) in [6.07, 6.45) is 0. The van der Waals surface area contributed by atoms with Gasteiger partial charge < -0.3 is 9.64 Å². The van der Waals surface area contributed by atoms with Crippen molar-refractivity contribution >= 4 is 5.69 Å². The highest BCUT2D eigenvalue weighted by Gasteiger charge is 2.19. The fourth-order valence-corrected chi connectivity index (χ4v) is 4.10. The van der Waals surface area contributed by atoms with E-state index >= 15 is 0 Å². The van der Waals surface area contributed by atoms with Crippen LogP contribution in [0.4, 0.5) is 10.1 Å². The standard InChI is InChI=1S/C28H31FN2O2/c1-21(2)23-11-12-24(28(32)27(17-23)33-20-22-7-4-3-5-8-22)19-30-13-15-31(16-14-30)26-10-6-9-25(29)18-26/h3-12,17-18,21H,13-16,19-20H2,1-2H3. The van der Waals surface area contributed by atoms with Crippen LogP contribution in [-0.4, -0.2) is 31.1 Å². The smallest absolute Gasteiger partial charge is 0.224 e. The topological polar surface area (TPSA) is 32.8 Å². The van der Waals surface area contributed by atoms with Gasteiger partial charge in [0.2, 0.25) is 5.43 Å². The Morgan fingerprint density at radius 3 is 2.36 bits per heavy atom. The molecule has 0 amide bonds. The maximum atomic E-state index is 13.6. The SMILES string of the molecule is CC(C)c1ccc(CN2CCN(c3cccc(F)c3)CC2)c(=O)c(OCc2ccccc2)c1. The fraction of sp³-hybridized carbons (Fsp3) is 0.321. The lowest BCUT2D eigenvalue weighted by Gasteiger charge is -2.36. The molecule has 1 aliphatic heterocycles. The monoisotopic (exact) mass is 446 g/mol. The van der Waals surface area contributed by atoms with Crippen LogP contribution in [0.2, 0.25) is 0 Å². The van der Waals surface area contributed by atoms with Crippen LogP contribution in [0.3, 0.4) is 0 Å². The molecule has 5 heteroatoms. The van der Waals surface area contributed by atoms with Crippen molar-refractivity contribution in [1.29, 1.82) is 0 Å². The fourth-order valence-electron chi connectivity index (χ4n) is 4.10. The van der Waals surface area contributed by atoms with E-state index in [0.717, 1.165) is 48.6 Å². The predicted molar refractivity (Wildman–Crippen MR) is 131 cm³/mol. The second kappa shape index (κ2) is 10.6. The van der Waals surface area contributed by atoms with E-state index in [-0.39, 0.29) is 11.2 Å². The van der Waals surface area contributed by atoms with E-state index in [1.54, 1.807) is 12.1 Å². The number of piperazine rings is 1. The normalized spacial score (nSPS) is 14.5. The number of hydrogen-bond donors (Lipinski definition) is 0. The van der Waals surface area contributed by atoms with Crippen LogP contribution in [0, 0.1) is 5.82 Å². The summed E-state index contributed by atoms with van der Waals surface area (Å²) in [6, 6.07) is 22.5. The Labute approximate surface area is 195 Å². The molecule has 0 radical (unpaired) electrons. The molecule has 4 rings (SSSR count). The molecular weight excluding hydrogens is 415 g/mol. The van der Waals surface area contributed by atoms with E-state index in [1.165, 1.54) is 6.07 Å². The van der Waals surface area contributed by atoms with E-state index in [9.17, 15) is 9.18 Å². The second-order valence-electron chi connectivity index (χ2n) is 8.87. The summed E-state index contributed by atoms with van der Waals surface area (Å²) in [5, 5.41) is 0. The van der Waals surface area contributed by atoms with E-state index in [2.05, 4.69) is 23.6 Å². The van der Waals surface area contributed by atoms with Gasteiger partial charge in [-0.3, -0.25) is 9.69 Å². The minimum absolute atomic E-state index is 0.0506. The number of hydrogen-bond acceptors (Lipinski definition) is 4. The summed E-state index contributed by atoms with van der Waals surface area (Å²) in [5.74, 6) is 0.478. The van der Waals surface area contributed by atoms with Gasteiger partial charge in [-0.15, -0.1) is 0 Å². The molecule has 0 aromatic heterocycles. The third kappa shape index (κ3) is 5.99. The van der Waals surface area contributed by atoms with Gasteiger partial charge in [-0.05, 0) is 41.3 Å². The first-order valence-corrected chi connectivity index (χ1v) is 11.6. The average Bonchev–Trinajstić information content (AvgIpc) is 2.98. The van der Waals surface area contributed by atoms with Gasteiger partial charge in [0.15, 0.2) is 5.75 Å². The molecule has 4 nitrogen and oxygen atoms in total. The van der Waals surface area contributed by atoms with Gasteiger partial charge in [-0.2, -0.15) is 0 Å². The summed E-state index contributed by atoms with van der Waals surface area (Å²) in [4.78, 5) is 17.8. The van der Waals surface area contributed by atoms with Crippen LogP contribution < -0.4 is 15.1 Å². The average molecular weight is 447 g/mol. The third-order valence-electron chi connectivity index (χ3n) is 6.13. The van der Waals surface area contributed by atoms with Crippen molar-refractivity contribution in [3.05, 3.63) is 106 Å². The molecule has 0 bridgehead atoms. The first kappa shape index (κ1) is 23.0. The van der Waals surface area contributed by atoms with Crippen LogP contribution >= 0.6 is 0 Å². The summed E-state index contributed by atoms with van der Waals surface area (Å²) in [7, 11) is 0. The van der Waals surface area contributed by atoms with Gasteiger partial charge in [0.05, 0.1) is 0 Å². The van der Waals surface area contributed by atoms with Crippen molar-refractivity contribution in [1.82, 2.24) is 4.90 Å². The van der Waals surface area contributed by atoms with E-state index in [1.807, 2.05) is 54.6 Å². The third-order valence-corrected chi connectivity index (χ3v) is 6.13. The van der Waals surface area contributed by atoms with Crippen molar-refractivity contribution in [2.24, 2.45) is 0 Å². The highest BCUT2D eigenvalue weighted by molar-refractivity contribution is 5.47. The van der Waals surface area contributed by atoms with Gasteiger partial charge in [0.25, 0.3) is 0 Å². The maximum Gasteiger partial charge on any atom is 0.224 e. The molecule has 0 N–H and O–H groups in total. The molecule has 0 unspecified atom stereocenters. The lowest BCUT2D eigenvalue weighted by atomic mass is 10.1. The molecule has 1 fully saturated rings. The molecule has 3 aromatic rings. The quantitative estimate of drug-likeness (QED) is 0.499. The van der Waals surface area contributed by atoms with Gasteiger partial charge in [-0.1, -0.05) is 62.4 Å². The minimum atomic E-state index is -0.216. The van der Waals surface area contributed by atoms with Gasteiger partial charge in [-0.25, -0.2) is 4.39 Å². The molecule has 0 aliphatic carbocycles. The molecule has 1 heterocycles. The summed E-state index contributed by atoms with van der Waals surface area (Å²) in [6.45, 7) is 8.39. The van der Waals surface area contributed by atoms with Crippen molar-refractivity contribution < 1.29 is 9.13 Å². The number of anilines is 1. The first-order chi connectivity index (χ1) is 16.0. The van der Waals surface area contributed by atoms with Crippen molar-refractivity contribution in [3.63, 3.8) is 0 Å². The maximum absolute atomic E-state index is 13.6. The Morgan fingerprint density at radius 2 is 1.67 bits per heavy atom. The Hall–Kier alpha value is -3.18. The number of nitrogens with zero attached hydrogens (tertiary/aromatic N) is 2. The highest BCUT2D eigenvalue weighted by Crippen LogP contribution is 2.21. The molecule has 3 aromatic carbocycles. The van der Waals surface area contributed by atoms with E-state index in [0.29, 0.717) is 24.8 Å². The molecule has 1 saturated heterocycles. The lowest BCUT2D eigenvalue weighted by molar-refractivity contribution is 0.248. The zero-order valence-electron chi connectivity index (χ0n) is 19.3. The Kier molecular flexibility index (Phi) is 7.40. The lowest BCUT2D eigenvalue weighted by Crippen LogP contribution is -2.46. The Morgan fingerprint density at radius 1 is 0.909 bits per heavy atom. The van der Waals surface area contributed by atoms with Crippen molar-refractivity contribution in [3.8, 4) is 5.75 Å². The van der Waals surface area contributed by atoms with Crippen molar-refractivity contribution in [2.45, 2.75) is 32.9 Å². The molecule has 0 atom stereocenters. The summed E-state index contributed by atoms with van der Waals surface area (Å²) >= 11 is 0. The molecule has 0 saturated carbocycles. The van der Waals surface area contributed by atoms with Crippen LogP contribution in [-0.2, 0) is 13.2 Å². The van der Waals surface area contributed by atoms with Crippen LogP contribution in [0.15, 0.2) is 77.6 Å². The summed E-state index contributed by atoms with van der Waals surface area (Å²) in [5.41, 5.74) is 3.71. The Bertz CT molecular complexity index is 1130. The summed E-state index contributed by atoms with van der Waals surface area (Å²) < 4.78 is 19.6. The predicted octanol–water partition coefficient (Wildman–Crippen LogP) is 5.21. The Balaban J connectivity index is 1.49. The first-order valence-electron chi connectivity index (χ1n) is 11.6. The van der Waals surface area contributed by atoms with E-state index in [4.69, 9.17) is 4.74 Å². The number of ether oxygens (including phenoxy) is 1. The highest BCUT2D eigenvalue weighted by atomic mass is 19.1. The largest absolute Gasteiger partial charge is 0.485 e. The van der Waals surface area contributed by atoms with Gasteiger partial charge in [0.1, 0.15) is 12.4 Å². The number of benzene rings is 2. The zero-order valence-corrected chi connectivity index (χ0v) is 19.3. The van der Waals surface area contributed by atoms with Crippen molar-refractivity contribution in [2.75, 3.05) is 31.1 Å². The molecule has 0 spiro atoms. The number of rotatable bonds is 7. The zero-order chi connectivity index (χ0) is 23.2.